The molecule has 1 aromatic rings. The van der Waals surface area contributed by atoms with Crippen molar-refractivity contribution >= 4 is 10.0 Å². The Morgan fingerprint density at radius 2 is 1.95 bits per heavy atom. The molecule has 3 rings (SSSR count). The van der Waals surface area contributed by atoms with E-state index in [1.54, 1.807) is 16.7 Å². The van der Waals surface area contributed by atoms with Gasteiger partial charge in [0.2, 0.25) is 10.0 Å². The molecule has 1 aliphatic heterocycles. The molecule has 1 saturated carbocycles. The highest BCUT2D eigenvalue weighted by atomic mass is 32.2. The summed E-state index contributed by atoms with van der Waals surface area (Å²) in [5.74, 6) is 1.71. The van der Waals surface area contributed by atoms with Gasteiger partial charge in [-0.1, -0.05) is 32.1 Å². The van der Waals surface area contributed by atoms with Crippen molar-refractivity contribution in [3.63, 3.8) is 0 Å². The zero-order chi connectivity index (χ0) is 14.7. The summed E-state index contributed by atoms with van der Waals surface area (Å²) in [5, 5.41) is 0. The van der Waals surface area contributed by atoms with Crippen LogP contribution in [0.15, 0.2) is 12.4 Å². The number of nitrogens with zero attached hydrogens (tertiary/aromatic N) is 2. The van der Waals surface area contributed by atoms with Crippen LogP contribution in [0.4, 0.5) is 0 Å². The number of sulfonamides is 1. The van der Waals surface area contributed by atoms with E-state index in [-0.39, 0.29) is 6.04 Å². The minimum Gasteiger partial charge on any atom is -0.347 e. The average Bonchev–Trinajstić information content (AvgIpc) is 3.19. The lowest BCUT2D eigenvalue weighted by molar-refractivity contribution is 0.247. The first-order valence-electron chi connectivity index (χ1n) is 8.15. The third-order valence-corrected chi connectivity index (χ3v) is 6.81. The molecular formula is C15H25N3O2S. The lowest BCUT2D eigenvalue weighted by atomic mass is 10.0. The number of piperidine rings is 1. The van der Waals surface area contributed by atoms with Crippen LogP contribution < -0.4 is 0 Å². The summed E-state index contributed by atoms with van der Waals surface area (Å²) in [6.45, 7) is 0.637. The molecule has 0 aromatic carbocycles. The van der Waals surface area contributed by atoms with Gasteiger partial charge in [-0.2, -0.15) is 4.31 Å². The van der Waals surface area contributed by atoms with Gasteiger partial charge in [0, 0.05) is 18.9 Å². The normalized spacial score (nSPS) is 25.4. The number of H-pyrrole nitrogens is 1. The fraction of sp³-hybridized carbons (Fsp3) is 0.800. The van der Waals surface area contributed by atoms with Gasteiger partial charge >= 0.3 is 0 Å². The fourth-order valence-corrected chi connectivity index (χ4v) is 5.57. The summed E-state index contributed by atoms with van der Waals surface area (Å²) < 4.78 is 27.2. The van der Waals surface area contributed by atoms with Crippen LogP contribution in [0.25, 0.3) is 0 Å². The minimum atomic E-state index is -3.17. The maximum atomic E-state index is 12.7. The third kappa shape index (κ3) is 3.48. The lowest BCUT2D eigenvalue weighted by Crippen LogP contribution is -2.40. The zero-order valence-electron chi connectivity index (χ0n) is 12.5. The Morgan fingerprint density at radius 3 is 2.67 bits per heavy atom. The molecule has 2 aliphatic rings. The van der Waals surface area contributed by atoms with Crippen LogP contribution in [0, 0.1) is 5.92 Å². The molecule has 0 amide bonds. The first kappa shape index (κ1) is 15.0. The van der Waals surface area contributed by atoms with Gasteiger partial charge in [0.05, 0.1) is 11.8 Å². The maximum absolute atomic E-state index is 12.7. The first-order valence-corrected chi connectivity index (χ1v) is 9.76. The summed E-state index contributed by atoms with van der Waals surface area (Å²) in [7, 11) is -3.17. The molecule has 0 spiro atoms. The summed E-state index contributed by atoms with van der Waals surface area (Å²) >= 11 is 0. The monoisotopic (exact) mass is 311 g/mol. The van der Waals surface area contributed by atoms with Crippen LogP contribution in [-0.4, -0.2) is 35.0 Å². The lowest BCUT2D eigenvalue weighted by Gasteiger charge is -2.33. The molecule has 2 heterocycles. The molecule has 2 fully saturated rings. The van der Waals surface area contributed by atoms with Crippen molar-refractivity contribution in [3.8, 4) is 0 Å². The maximum Gasteiger partial charge on any atom is 0.214 e. The smallest absolute Gasteiger partial charge is 0.214 e. The SMILES string of the molecule is O=S(=O)(CCC1CCCC1)N1CCCCC1c1ncc[nH]1. The number of aromatic nitrogens is 2. The van der Waals surface area contributed by atoms with E-state index in [1.165, 1.54) is 25.7 Å². The topological polar surface area (TPSA) is 66.1 Å². The molecule has 0 radical (unpaired) electrons. The number of hydrogen-bond acceptors (Lipinski definition) is 3. The van der Waals surface area contributed by atoms with Crippen molar-refractivity contribution < 1.29 is 8.42 Å². The molecule has 5 nitrogen and oxygen atoms in total. The molecule has 1 unspecified atom stereocenters. The van der Waals surface area contributed by atoms with Crippen LogP contribution >= 0.6 is 0 Å². The van der Waals surface area contributed by atoms with E-state index < -0.39 is 10.0 Å². The summed E-state index contributed by atoms with van der Waals surface area (Å²) in [6.07, 6.45) is 12.1. The molecule has 0 bridgehead atoms. The molecule has 1 N–H and O–H groups in total. The second-order valence-electron chi connectivity index (χ2n) is 6.35. The molecule has 1 aromatic heterocycles. The van der Waals surface area contributed by atoms with Gasteiger partial charge in [0.15, 0.2) is 0 Å². The van der Waals surface area contributed by atoms with E-state index in [9.17, 15) is 8.42 Å². The Bertz CT molecular complexity index is 535. The van der Waals surface area contributed by atoms with E-state index in [0.29, 0.717) is 18.2 Å². The Balaban J connectivity index is 1.69. The highest BCUT2D eigenvalue weighted by Gasteiger charge is 2.34. The molecule has 21 heavy (non-hydrogen) atoms. The Kier molecular flexibility index (Phi) is 4.64. The van der Waals surface area contributed by atoms with Gasteiger partial charge in [-0.25, -0.2) is 13.4 Å². The van der Waals surface area contributed by atoms with Crippen molar-refractivity contribution in [2.45, 2.75) is 57.4 Å². The first-order chi connectivity index (χ1) is 10.2. The van der Waals surface area contributed by atoms with Gasteiger partial charge in [-0.3, -0.25) is 0 Å². The largest absolute Gasteiger partial charge is 0.347 e. The average molecular weight is 311 g/mol. The van der Waals surface area contributed by atoms with Crippen LogP contribution in [0.2, 0.25) is 0 Å². The van der Waals surface area contributed by atoms with Gasteiger partial charge in [-0.05, 0) is 25.2 Å². The Morgan fingerprint density at radius 1 is 1.19 bits per heavy atom. The highest BCUT2D eigenvalue weighted by molar-refractivity contribution is 7.89. The quantitative estimate of drug-likeness (QED) is 0.909. The van der Waals surface area contributed by atoms with Gasteiger partial charge in [-0.15, -0.1) is 0 Å². The van der Waals surface area contributed by atoms with E-state index >= 15 is 0 Å². The number of hydrogen-bond donors (Lipinski definition) is 1. The number of rotatable bonds is 5. The molecule has 1 saturated heterocycles. The van der Waals surface area contributed by atoms with Crippen molar-refractivity contribution in [1.82, 2.24) is 14.3 Å². The summed E-state index contributed by atoms with van der Waals surface area (Å²) in [5.41, 5.74) is 0. The van der Waals surface area contributed by atoms with E-state index in [4.69, 9.17) is 0 Å². The fourth-order valence-electron chi connectivity index (χ4n) is 3.70. The van der Waals surface area contributed by atoms with Gasteiger partial charge in [0.1, 0.15) is 5.82 Å². The molecule has 1 atom stereocenters. The van der Waals surface area contributed by atoms with Crippen molar-refractivity contribution in [1.29, 1.82) is 0 Å². The second kappa shape index (κ2) is 6.48. The highest BCUT2D eigenvalue weighted by Crippen LogP contribution is 2.33. The second-order valence-corrected chi connectivity index (χ2v) is 8.39. The van der Waals surface area contributed by atoms with Crippen molar-refractivity contribution in [2.24, 2.45) is 5.92 Å². The van der Waals surface area contributed by atoms with Crippen molar-refractivity contribution in [3.05, 3.63) is 18.2 Å². The van der Waals surface area contributed by atoms with Crippen molar-refractivity contribution in [2.75, 3.05) is 12.3 Å². The minimum absolute atomic E-state index is 0.0951. The van der Waals surface area contributed by atoms with Gasteiger partial charge in [0.25, 0.3) is 0 Å². The summed E-state index contributed by atoms with van der Waals surface area (Å²) in [6, 6.07) is -0.0951. The third-order valence-electron chi connectivity index (χ3n) is 4.90. The van der Waals surface area contributed by atoms with Crippen LogP contribution in [0.1, 0.15) is 63.2 Å². The Labute approximate surface area is 127 Å². The molecule has 1 aliphatic carbocycles. The van der Waals surface area contributed by atoms with Gasteiger partial charge < -0.3 is 4.98 Å². The number of imidazole rings is 1. The van der Waals surface area contributed by atoms with Crippen LogP contribution in [-0.2, 0) is 10.0 Å². The number of aromatic amines is 1. The summed E-state index contributed by atoms with van der Waals surface area (Å²) in [4.78, 5) is 7.37. The van der Waals surface area contributed by atoms with E-state index in [0.717, 1.165) is 31.5 Å². The van der Waals surface area contributed by atoms with Crippen LogP contribution in [0.5, 0.6) is 0 Å². The zero-order valence-corrected chi connectivity index (χ0v) is 13.3. The number of nitrogens with one attached hydrogen (secondary N) is 1. The predicted molar refractivity (Wildman–Crippen MR) is 82.2 cm³/mol. The Hall–Kier alpha value is -0.880. The van der Waals surface area contributed by atoms with E-state index in [1.807, 2.05) is 0 Å². The predicted octanol–water partition coefficient (Wildman–Crippen LogP) is 2.85. The molecule has 6 heteroatoms. The molecular weight excluding hydrogens is 286 g/mol. The van der Waals surface area contributed by atoms with Crippen LogP contribution in [0.3, 0.4) is 0 Å². The standard InChI is InChI=1S/C15H25N3O2S/c19-21(20,12-8-13-5-1-2-6-13)18-11-4-3-7-14(18)15-16-9-10-17-15/h9-10,13-14H,1-8,11-12H2,(H,16,17). The van der Waals surface area contributed by atoms with E-state index in [2.05, 4.69) is 9.97 Å². The molecule has 118 valence electrons.